The number of aryl methyl sites for hydroxylation is 1. The van der Waals surface area contributed by atoms with Crippen molar-refractivity contribution in [2.45, 2.75) is 19.8 Å². The number of piperidine rings is 1. The lowest BCUT2D eigenvalue weighted by molar-refractivity contribution is -0.130. The van der Waals surface area contributed by atoms with Crippen LogP contribution in [0.1, 0.15) is 18.4 Å². The van der Waals surface area contributed by atoms with Crippen molar-refractivity contribution in [2.75, 3.05) is 32.1 Å². The molecule has 1 aliphatic heterocycles. The summed E-state index contributed by atoms with van der Waals surface area (Å²) < 4.78 is 5.26. The summed E-state index contributed by atoms with van der Waals surface area (Å²) >= 11 is 0. The van der Waals surface area contributed by atoms with Crippen molar-refractivity contribution in [3.05, 3.63) is 23.9 Å². The molecule has 0 saturated carbocycles. The molecular formula is C14H21N3O2. The van der Waals surface area contributed by atoms with E-state index in [1.807, 2.05) is 19.1 Å². The number of amides is 1. The van der Waals surface area contributed by atoms with E-state index in [1.165, 1.54) is 0 Å². The number of methoxy groups -OCH3 is 1. The normalized spacial score (nSPS) is 18.0. The second-order valence-corrected chi connectivity index (χ2v) is 5.14. The fraction of sp³-hybridized carbons (Fsp3) is 0.571. The van der Waals surface area contributed by atoms with Gasteiger partial charge in [-0.1, -0.05) is 0 Å². The second-order valence-electron chi connectivity index (χ2n) is 5.14. The number of pyridine rings is 1. The van der Waals surface area contributed by atoms with Gasteiger partial charge in [-0.05, 0) is 50.6 Å². The van der Waals surface area contributed by atoms with Gasteiger partial charge in [0, 0.05) is 13.3 Å². The summed E-state index contributed by atoms with van der Waals surface area (Å²) in [5.74, 6) is 0.618. The molecule has 2 N–H and O–H groups in total. The van der Waals surface area contributed by atoms with Crippen molar-refractivity contribution < 1.29 is 9.53 Å². The number of carbonyl (C=O) groups excluding carboxylic acids is 1. The van der Waals surface area contributed by atoms with E-state index >= 15 is 0 Å². The zero-order chi connectivity index (χ0) is 13.7. The maximum atomic E-state index is 12.5. The quantitative estimate of drug-likeness (QED) is 0.860. The molecule has 0 aliphatic carbocycles. The molecule has 5 nitrogen and oxygen atoms in total. The number of rotatable bonds is 4. The highest BCUT2D eigenvalue weighted by Gasteiger charge is 2.39. The zero-order valence-electron chi connectivity index (χ0n) is 11.5. The van der Waals surface area contributed by atoms with Crippen molar-refractivity contribution in [3.63, 3.8) is 0 Å². The van der Waals surface area contributed by atoms with Crippen LogP contribution in [0.4, 0.5) is 5.82 Å². The van der Waals surface area contributed by atoms with Crippen molar-refractivity contribution in [1.29, 1.82) is 0 Å². The number of anilines is 1. The van der Waals surface area contributed by atoms with Gasteiger partial charge in [0.1, 0.15) is 5.82 Å². The van der Waals surface area contributed by atoms with Crippen LogP contribution in [0.3, 0.4) is 0 Å². The summed E-state index contributed by atoms with van der Waals surface area (Å²) in [5.41, 5.74) is 0.641. The lowest BCUT2D eigenvalue weighted by Crippen LogP contribution is -2.47. The predicted octanol–water partition coefficient (Wildman–Crippen LogP) is 1.34. The van der Waals surface area contributed by atoms with Crippen molar-refractivity contribution >= 4 is 11.7 Å². The fourth-order valence-electron chi connectivity index (χ4n) is 2.47. The third kappa shape index (κ3) is 3.30. The monoisotopic (exact) mass is 263 g/mol. The topological polar surface area (TPSA) is 63.2 Å². The number of carbonyl (C=O) groups is 1. The molecule has 5 heteroatoms. The lowest BCUT2D eigenvalue weighted by atomic mass is 9.78. The Morgan fingerprint density at radius 3 is 2.89 bits per heavy atom. The molecule has 1 aromatic heterocycles. The van der Waals surface area contributed by atoms with E-state index < -0.39 is 5.41 Å². The van der Waals surface area contributed by atoms with Crippen LogP contribution >= 0.6 is 0 Å². The molecule has 1 saturated heterocycles. The molecule has 0 unspecified atom stereocenters. The molecule has 0 radical (unpaired) electrons. The Morgan fingerprint density at radius 2 is 2.26 bits per heavy atom. The van der Waals surface area contributed by atoms with Gasteiger partial charge in [0.05, 0.1) is 12.0 Å². The first-order valence-electron chi connectivity index (χ1n) is 6.60. The smallest absolute Gasteiger partial charge is 0.234 e. The first-order valence-corrected chi connectivity index (χ1v) is 6.60. The molecule has 104 valence electrons. The van der Waals surface area contributed by atoms with Crippen LogP contribution in [0.15, 0.2) is 18.3 Å². The van der Waals surface area contributed by atoms with E-state index in [0.717, 1.165) is 31.5 Å². The highest BCUT2D eigenvalue weighted by atomic mass is 16.5. The van der Waals surface area contributed by atoms with Crippen LogP contribution in [0, 0.1) is 12.3 Å². The maximum Gasteiger partial charge on any atom is 0.234 e. The molecule has 1 aromatic rings. The van der Waals surface area contributed by atoms with Crippen LogP contribution in [-0.4, -0.2) is 37.7 Å². The van der Waals surface area contributed by atoms with E-state index in [4.69, 9.17) is 4.74 Å². The minimum Gasteiger partial charge on any atom is -0.384 e. The number of nitrogens with one attached hydrogen (secondary N) is 2. The summed E-state index contributed by atoms with van der Waals surface area (Å²) in [6, 6.07) is 3.78. The summed E-state index contributed by atoms with van der Waals surface area (Å²) in [4.78, 5) is 16.7. The number of ether oxygens (including phenoxy) is 1. The van der Waals surface area contributed by atoms with Crippen molar-refractivity contribution in [2.24, 2.45) is 5.41 Å². The largest absolute Gasteiger partial charge is 0.384 e. The van der Waals surface area contributed by atoms with Gasteiger partial charge in [0.25, 0.3) is 0 Å². The summed E-state index contributed by atoms with van der Waals surface area (Å²) in [5, 5.41) is 6.19. The van der Waals surface area contributed by atoms with E-state index in [9.17, 15) is 4.79 Å². The van der Waals surface area contributed by atoms with E-state index in [2.05, 4.69) is 15.6 Å². The van der Waals surface area contributed by atoms with Gasteiger partial charge in [-0.25, -0.2) is 4.98 Å². The van der Waals surface area contributed by atoms with E-state index in [-0.39, 0.29) is 5.91 Å². The SMILES string of the molecule is COCC1(C(=O)Nc2cc(C)ccn2)CCNCC1. The van der Waals surface area contributed by atoms with Crippen LogP contribution in [0.25, 0.3) is 0 Å². The average molecular weight is 263 g/mol. The highest BCUT2D eigenvalue weighted by Crippen LogP contribution is 2.30. The Bertz CT molecular complexity index is 437. The Hall–Kier alpha value is -1.46. The molecule has 1 amide bonds. The molecule has 0 bridgehead atoms. The summed E-state index contributed by atoms with van der Waals surface area (Å²) in [6.07, 6.45) is 3.29. The predicted molar refractivity (Wildman–Crippen MR) is 74.0 cm³/mol. The van der Waals surface area contributed by atoms with Crippen LogP contribution in [0.2, 0.25) is 0 Å². The first-order chi connectivity index (χ1) is 9.16. The number of aromatic nitrogens is 1. The second kappa shape index (κ2) is 6.12. The van der Waals surface area contributed by atoms with Gasteiger partial charge in [-0.3, -0.25) is 4.79 Å². The third-order valence-electron chi connectivity index (χ3n) is 3.62. The number of hydrogen-bond donors (Lipinski definition) is 2. The summed E-state index contributed by atoms with van der Waals surface area (Å²) in [7, 11) is 1.64. The summed E-state index contributed by atoms with van der Waals surface area (Å²) in [6.45, 7) is 4.12. The molecule has 2 rings (SSSR count). The molecule has 2 heterocycles. The molecule has 1 aliphatic rings. The fourth-order valence-corrected chi connectivity index (χ4v) is 2.47. The van der Waals surface area contributed by atoms with Gasteiger partial charge in [-0.15, -0.1) is 0 Å². The Morgan fingerprint density at radius 1 is 1.53 bits per heavy atom. The maximum absolute atomic E-state index is 12.5. The van der Waals surface area contributed by atoms with Crippen LogP contribution in [0.5, 0.6) is 0 Å². The van der Waals surface area contributed by atoms with Crippen molar-refractivity contribution in [1.82, 2.24) is 10.3 Å². The van der Waals surface area contributed by atoms with Gasteiger partial charge in [-0.2, -0.15) is 0 Å². The number of nitrogens with zero attached hydrogens (tertiary/aromatic N) is 1. The minimum absolute atomic E-state index is 0.00829. The molecule has 19 heavy (non-hydrogen) atoms. The van der Waals surface area contributed by atoms with Crippen molar-refractivity contribution in [3.8, 4) is 0 Å². The molecule has 0 spiro atoms. The first kappa shape index (κ1) is 14.0. The molecule has 1 fully saturated rings. The average Bonchev–Trinajstić information content (AvgIpc) is 2.40. The van der Waals surface area contributed by atoms with Crippen LogP contribution < -0.4 is 10.6 Å². The minimum atomic E-state index is -0.439. The Labute approximate surface area is 113 Å². The molecule has 0 aromatic carbocycles. The van der Waals surface area contributed by atoms with Gasteiger partial charge in [0.15, 0.2) is 0 Å². The number of hydrogen-bond acceptors (Lipinski definition) is 4. The van der Waals surface area contributed by atoms with E-state index in [1.54, 1.807) is 13.3 Å². The Kier molecular flexibility index (Phi) is 4.50. The van der Waals surface area contributed by atoms with Gasteiger partial charge < -0.3 is 15.4 Å². The highest BCUT2D eigenvalue weighted by molar-refractivity contribution is 5.94. The Balaban J connectivity index is 2.11. The van der Waals surface area contributed by atoms with Gasteiger partial charge >= 0.3 is 0 Å². The van der Waals surface area contributed by atoms with E-state index in [0.29, 0.717) is 12.4 Å². The lowest BCUT2D eigenvalue weighted by Gasteiger charge is -2.35. The van der Waals surface area contributed by atoms with Crippen LogP contribution in [-0.2, 0) is 9.53 Å². The molecule has 0 atom stereocenters. The molecular weight excluding hydrogens is 242 g/mol. The third-order valence-corrected chi connectivity index (χ3v) is 3.62. The van der Waals surface area contributed by atoms with Gasteiger partial charge in [0.2, 0.25) is 5.91 Å². The zero-order valence-corrected chi connectivity index (χ0v) is 11.5. The standard InChI is InChI=1S/C14H21N3O2/c1-11-3-6-16-12(9-11)17-13(18)14(10-19-2)4-7-15-8-5-14/h3,6,9,15H,4-5,7-8,10H2,1-2H3,(H,16,17,18).